The van der Waals surface area contributed by atoms with E-state index in [2.05, 4.69) is 6.92 Å². The van der Waals surface area contributed by atoms with Crippen molar-refractivity contribution in [3.05, 3.63) is 12.2 Å². The zero-order chi connectivity index (χ0) is 9.52. The predicted octanol–water partition coefficient (Wildman–Crippen LogP) is 3.49. The van der Waals surface area contributed by atoms with Gasteiger partial charge < -0.3 is 0 Å². The Morgan fingerprint density at radius 1 is 1.31 bits per heavy atom. The van der Waals surface area contributed by atoms with Crippen molar-refractivity contribution < 1.29 is 4.79 Å². The van der Waals surface area contributed by atoms with Crippen LogP contribution in [0.3, 0.4) is 0 Å². The summed E-state index contributed by atoms with van der Waals surface area (Å²) in [4.78, 5) is 11.4. The molecule has 0 bridgehead atoms. The maximum atomic E-state index is 11.4. The fourth-order valence-electron chi connectivity index (χ4n) is 1.99. The third kappa shape index (κ3) is 4.25. The number of rotatable bonds is 4. The second-order valence-electron chi connectivity index (χ2n) is 3.99. The van der Waals surface area contributed by atoms with Crippen LogP contribution in [0, 0.1) is 5.92 Å². The van der Waals surface area contributed by atoms with E-state index < -0.39 is 0 Å². The van der Waals surface area contributed by atoms with Gasteiger partial charge in [-0.3, -0.25) is 4.79 Å². The summed E-state index contributed by atoms with van der Waals surface area (Å²) < 4.78 is 0. The minimum Gasteiger partial charge on any atom is -0.295 e. The highest BCUT2D eigenvalue weighted by Crippen LogP contribution is 2.26. The van der Waals surface area contributed by atoms with E-state index in [-0.39, 0.29) is 0 Å². The molecule has 0 heterocycles. The molecule has 0 amide bonds. The zero-order valence-electron chi connectivity index (χ0n) is 8.59. The average molecular weight is 180 g/mol. The van der Waals surface area contributed by atoms with Gasteiger partial charge in [-0.15, -0.1) is 0 Å². The first-order chi connectivity index (χ1) is 6.33. The smallest absolute Gasteiger partial charge is 0.155 e. The maximum absolute atomic E-state index is 11.4. The zero-order valence-corrected chi connectivity index (χ0v) is 8.59. The standard InChI is InChI=1S/C12H20O/c1-2-3-9-12(13)10-11-7-5-4-6-8-11/h3,9,11H,2,4-8,10H2,1H3/b9-3+. The lowest BCUT2D eigenvalue weighted by atomic mass is 9.86. The molecule has 1 aliphatic rings. The number of ketones is 1. The monoisotopic (exact) mass is 180 g/mol. The van der Waals surface area contributed by atoms with Gasteiger partial charge in [0.1, 0.15) is 0 Å². The third-order valence-corrected chi connectivity index (χ3v) is 2.75. The van der Waals surface area contributed by atoms with Crippen molar-refractivity contribution in [2.24, 2.45) is 5.92 Å². The molecule has 0 radical (unpaired) electrons. The number of carbonyl (C=O) groups excluding carboxylic acids is 1. The number of allylic oxidation sites excluding steroid dienone is 2. The molecule has 0 aromatic carbocycles. The van der Waals surface area contributed by atoms with Crippen molar-refractivity contribution >= 4 is 5.78 Å². The molecule has 0 aliphatic heterocycles. The van der Waals surface area contributed by atoms with Crippen LogP contribution in [-0.2, 0) is 4.79 Å². The Balaban J connectivity index is 2.22. The first kappa shape index (κ1) is 10.5. The fraction of sp³-hybridized carbons (Fsp3) is 0.750. The predicted molar refractivity (Wildman–Crippen MR) is 55.6 cm³/mol. The van der Waals surface area contributed by atoms with Crippen molar-refractivity contribution in [3.63, 3.8) is 0 Å². The minimum absolute atomic E-state index is 0.328. The van der Waals surface area contributed by atoms with Crippen LogP contribution in [-0.4, -0.2) is 5.78 Å². The quantitative estimate of drug-likeness (QED) is 0.605. The minimum atomic E-state index is 0.328. The van der Waals surface area contributed by atoms with Crippen LogP contribution in [0.5, 0.6) is 0 Å². The van der Waals surface area contributed by atoms with E-state index in [0.29, 0.717) is 11.7 Å². The van der Waals surface area contributed by atoms with Crippen LogP contribution >= 0.6 is 0 Å². The van der Waals surface area contributed by atoms with Crippen molar-refractivity contribution in [3.8, 4) is 0 Å². The first-order valence-corrected chi connectivity index (χ1v) is 5.52. The molecule has 1 nitrogen and oxygen atoms in total. The van der Waals surface area contributed by atoms with Gasteiger partial charge in [-0.1, -0.05) is 45.1 Å². The summed E-state index contributed by atoms with van der Waals surface area (Å²) in [5.74, 6) is 1.01. The van der Waals surface area contributed by atoms with E-state index in [4.69, 9.17) is 0 Å². The molecule has 1 aliphatic carbocycles. The van der Waals surface area contributed by atoms with Crippen LogP contribution in [0.4, 0.5) is 0 Å². The van der Waals surface area contributed by atoms with Crippen LogP contribution in [0.25, 0.3) is 0 Å². The van der Waals surface area contributed by atoms with Crippen molar-refractivity contribution in [1.29, 1.82) is 0 Å². The van der Waals surface area contributed by atoms with Gasteiger partial charge in [0.05, 0.1) is 0 Å². The fourth-order valence-corrected chi connectivity index (χ4v) is 1.99. The third-order valence-electron chi connectivity index (χ3n) is 2.75. The Morgan fingerprint density at radius 2 is 2.00 bits per heavy atom. The van der Waals surface area contributed by atoms with Gasteiger partial charge >= 0.3 is 0 Å². The highest BCUT2D eigenvalue weighted by atomic mass is 16.1. The van der Waals surface area contributed by atoms with Gasteiger partial charge in [-0.25, -0.2) is 0 Å². The molecule has 0 unspecified atom stereocenters. The Hall–Kier alpha value is -0.590. The molecule has 0 spiro atoms. The number of carbonyl (C=O) groups is 1. The van der Waals surface area contributed by atoms with Gasteiger partial charge in [0.25, 0.3) is 0 Å². The lowest BCUT2D eigenvalue weighted by Gasteiger charge is -2.19. The van der Waals surface area contributed by atoms with Crippen LogP contribution in [0.2, 0.25) is 0 Å². The molecule has 1 rings (SSSR count). The first-order valence-electron chi connectivity index (χ1n) is 5.52. The van der Waals surface area contributed by atoms with Gasteiger partial charge in [0.15, 0.2) is 5.78 Å². The molecule has 1 saturated carbocycles. The Bertz CT molecular complexity index is 176. The van der Waals surface area contributed by atoms with E-state index >= 15 is 0 Å². The summed E-state index contributed by atoms with van der Waals surface area (Å²) in [5.41, 5.74) is 0. The molecule has 0 aromatic heterocycles. The van der Waals surface area contributed by atoms with Gasteiger partial charge in [0.2, 0.25) is 0 Å². The normalized spacial score (nSPS) is 19.5. The topological polar surface area (TPSA) is 17.1 Å². The van der Waals surface area contributed by atoms with Gasteiger partial charge in [-0.05, 0) is 18.4 Å². The second kappa shape index (κ2) is 5.95. The average Bonchev–Trinajstić information content (AvgIpc) is 2.16. The van der Waals surface area contributed by atoms with Crippen molar-refractivity contribution in [2.45, 2.75) is 51.9 Å². The van der Waals surface area contributed by atoms with E-state index in [1.54, 1.807) is 6.08 Å². The molecule has 1 fully saturated rings. The van der Waals surface area contributed by atoms with Gasteiger partial charge in [-0.2, -0.15) is 0 Å². The second-order valence-corrected chi connectivity index (χ2v) is 3.99. The largest absolute Gasteiger partial charge is 0.295 e. The van der Waals surface area contributed by atoms with E-state index in [9.17, 15) is 4.79 Å². The van der Waals surface area contributed by atoms with E-state index in [1.165, 1.54) is 32.1 Å². The number of hydrogen-bond donors (Lipinski definition) is 0. The molecule has 0 aromatic rings. The molecular formula is C12H20O. The summed E-state index contributed by atoms with van der Waals surface area (Å²) in [5, 5.41) is 0. The number of hydrogen-bond acceptors (Lipinski definition) is 1. The maximum Gasteiger partial charge on any atom is 0.155 e. The molecule has 0 atom stereocenters. The molecule has 0 N–H and O–H groups in total. The molecule has 74 valence electrons. The summed E-state index contributed by atoms with van der Waals surface area (Å²) >= 11 is 0. The van der Waals surface area contributed by atoms with Gasteiger partial charge in [0, 0.05) is 6.42 Å². The Kier molecular flexibility index (Phi) is 4.81. The lowest BCUT2D eigenvalue weighted by Crippen LogP contribution is -2.10. The molecule has 1 heteroatoms. The van der Waals surface area contributed by atoms with E-state index in [0.717, 1.165) is 12.8 Å². The van der Waals surface area contributed by atoms with E-state index in [1.807, 2.05) is 6.08 Å². The Labute approximate surface area is 81.2 Å². The summed E-state index contributed by atoms with van der Waals surface area (Å²) in [6.45, 7) is 2.06. The highest BCUT2D eigenvalue weighted by molar-refractivity contribution is 5.89. The Morgan fingerprint density at radius 3 is 2.62 bits per heavy atom. The highest BCUT2D eigenvalue weighted by Gasteiger charge is 2.15. The van der Waals surface area contributed by atoms with Crippen LogP contribution < -0.4 is 0 Å². The molecular weight excluding hydrogens is 160 g/mol. The SMILES string of the molecule is CC/C=C/C(=O)CC1CCCCC1. The lowest BCUT2D eigenvalue weighted by molar-refractivity contribution is -0.115. The van der Waals surface area contributed by atoms with Crippen molar-refractivity contribution in [2.75, 3.05) is 0 Å². The summed E-state index contributed by atoms with van der Waals surface area (Å²) in [7, 11) is 0. The molecule has 0 saturated heterocycles. The summed E-state index contributed by atoms with van der Waals surface area (Å²) in [6, 6.07) is 0. The summed E-state index contributed by atoms with van der Waals surface area (Å²) in [6.07, 6.45) is 12.0. The van der Waals surface area contributed by atoms with Crippen molar-refractivity contribution in [1.82, 2.24) is 0 Å². The van der Waals surface area contributed by atoms with Crippen LogP contribution in [0.15, 0.2) is 12.2 Å². The molecule has 13 heavy (non-hydrogen) atoms. The van der Waals surface area contributed by atoms with Crippen LogP contribution in [0.1, 0.15) is 51.9 Å².